The third-order valence-electron chi connectivity index (χ3n) is 4.55. The topological polar surface area (TPSA) is 113 Å². The summed E-state index contributed by atoms with van der Waals surface area (Å²) in [5.41, 5.74) is 7.30. The number of fused-ring (bicyclic) bond motifs is 1. The Labute approximate surface area is 168 Å². The lowest BCUT2D eigenvalue weighted by Crippen LogP contribution is -2.32. The fourth-order valence-corrected chi connectivity index (χ4v) is 3.39. The van der Waals surface area contributed by atoms with Gasteiger partial charge in [0, 0.05) is 11.8 Å². The average Bonchev–Trinajstić information content (AvgIpc) is 2.67. The molecule has 2 heterocycles. The van der Waals surface area contributed by atoms with Crippen molar-refractivity contribution in [2.24, 2.45) is 5.73 Å². The maximum absolute atomic E-state index is 12.8. The van der Waals surface area contributed by atoms with Gasteiger partial charge in [-0.2, -0.15) is 0 Å². The Morgan fingerprint density at radius 3 is 2.62 bits per heavy atom. The highest BCUT2D eigenvalue weighted by atomic mass is 16.5. The van der Waals surface area contributed by atoms with Gasteiger partial charge in [-0.25, -0.2) is 4.79 Å². The Bertz CT molecular complexity index is 1020. The van der Waals surface area contributed by atoms with Gasteiger partial charge in [0.1, 0.15) is 11.3 Å². The normalized spacial score (nSPS) is 15.4. The van der Waals surface area contributed by atoms with Crippen molar-refractivity contribution in [3.63, 3.8) is 0 Å². The first-order valence-electron chi connectivity index (χ1n) is 9.30. The summed E-state index contributed by atoms with van der Waals surface area (Å²) in [5, 5.41) is 0. The molecule has 0 spiro atoms. The molecule has 0 saturated heterocycles. The Morgan fingerprint density at radius 2 is 1.97 bits per heavy atom. The van der Waals surface area contributed by atoms with E-state index in [1.807, 2.05) is 6.92 Å². The molecule has 0 bridgehead atoms. The number of benzene rings is 1. The van der Waals surface area contributed by atoms with Crippen LogP contribution in [0.25, 0.3) is 0 Å². The van der Waals surface area contributed by atoms with Gasteiger partial charge in [-0.3, -0.25) is 4.79 Å². The van der Waals surface area contributed by atoms with Crippen LogP contribution in [-0.4, -0.2) is 31.3 Å². The van der Waals surface area contributed by atoms with Crippen molar-refractivity contribution in [1.29, 1.82) is 0 Å². The van der Waals surface area contributed by atoms with E-state index in [2.05, 4.69) is 4.98 Å². The lowest BCUT2D eigenvalue weighted by molar-refractivity contribution is -0.139. The van der Waals surface area contributed by atoms with E-state index < -0.39 is 11.9 Å². The van der Waals surface area contributed by atoms with E-state index in [4.69, 9.17) is 24.7 Å². The second-order valence-corrected chi connectivity index (χ2v) is 6.44. The molecule has 0 fully saturated rings. The van der Waals surface area contributed by atoms with Gasteiger partial charge >= 0.3 is 5.97 Å². The van der Waals surface area contributed by atoms with Crippen molar-refractivity contribution < 1.29 is 23.7 Å². The lowest BCUT2D eigenvalue weighted by atomic mass is 9.83. The highest BCUT2D eigenvalue weighted by Crippen LogP contribution is 2.43. The van der Waals surface area contributed by atoms with Crippen LogP contribution >= 0.6 is 0 Å². The number of aromatic nitrogens is 1. The number of hydrogen-bond acceptors (Lipinski definition) is 7. The molecule has 29 heavy (non-hydrogen) atoms. The number of esters is 1. The first kappa shape index (κ1) is 20.3. The molecule has 0 amide bonds. The van der Waals surface area contributed by atoms with Crippen LogP contribution in [0, 0.1) is 6.92 Å². The summed E-state index contributed by atoms with van der Waals surface area (Å²) in [6.45, 7) is 5.92. The molecule has 1 unspecified atom stereocenters. The van der Waals surface area contributed by atoms with Crippen molar-refractivity contribution in [2.45, 2.75) is 26.7 Å². The number of carbonyl (C=O) groups excluding carboxylic acids is 1. The van der Waals surface area contributed by atoms with Crippen LogP contribution < -0.4 is 25.5 Å². The SMILES string of the molecule is CCOC(=O)C1=C(N)Oc2cc(C)[nH]c(=O)c2C1c1ccc(OCC)c(OC)c1. The molecule has 3 N–H and O–H groups in total. The Kier molecular flexibility index (Phi) is 5.81. The summed E-state index contributed by atoms with van der Waals surface area (Å²) >= 11 is 0. The molecule has 154 valence electrons. The minimum Gasteiger partial charge on any atom is -0.493 e. The van der Waals surface area contributed by atoms with Gasteiger partial charge in [0.25, 0.3) is 5.56 Å². The first-order valence-corrected chi connectivity index (χ1v) is 9.30. The fourth-order valence-electron chi connectivity index (χ4n) is 3.39. The maximum Gasteiger partial charge on any atom is 0.340 e. The van der Waals surface area contributed by atoms with Gasteiger partial charge in [0.15, 0.2) is 11.5 Å². The van der Waals surface area contributed by atoms with Crippen LogP contribution in [0.5, 0.6) is 17.2 Å². The second kappa shape index (κ2) is 8.30. The molecule has 1 aromatic heterocycles. The van der Waals surface area contributed by atoms with Crippen molar-refractivity contribution in [2.75, 3.05) is 20.3 Å². The monoisotopic (exact) mass is 400 g/mol. The number of H-pyrrole nitrogens is 1. The zero-order valence-electron chi connectivity index (χ0n) is 16.8. The molecule has 8 heteroatoms. The predicted octanol–water partition coefficient (Wildman–Crippen LogP) is 2.35. The number of rotatable bonds is 6. The van der Waals surface area contributed by atoms with E-state index >= 15 is 0 Å². The largest absolute Gasteiger partial charge is 0.493 e. The molecule has 1 aliphatic rings. The number of aromatic amines is 1. The molecule has 1 aliphatic heterocycles. The zero-order valence-corrected chi connectivity index (χ0v) is 16.8. The minimum atomic E-state index is -0.785. The van der Waals surface area contributed by atoms with Gasteiger partial charge in [0.05, 0.1) is 31.8 Å². The summed E-state index contributed by atoms with van der Waals surface area (Å²) < 4.78 is 21.8. The highest BCUT2D eigenvalue weighted by molar-refractivity contribution is 5.92. The van der Waals surface area contributed by atoms with E-state index in [0.29, 0.717) is 35.1 Å². The van der Waals surface area contributed by atoms with Crippen molar-refractivity contribution in [1.82, 2.24) is 4.98 Å². The van der Waals surface area contributed by atoms with Crippen molar-refractivity contribution >= 4 is 5.97 Å². The molecule has 0 radical (unpaired) electrons. The van der Waals surface area contributed by atoms with Gasteiger partial charge in [-0.15, -0.1) is 0 Å². The van der Waals surface area contributed by atoms with Crippen LogP contribution in [0.4, 0.5) is 0 Å². The van der Waals surface area contributed by atoms with Gasteiger partial charge in [-0.05, 0) is 38.5 Å². The molecule has 1 aromatic carbocycles. The molecule has 3 rings (SSSR count). The van der Waals surface area contributed by atoms with E-state index in [1.165, 1.54) is 7.11 Å². The Hall–Kier alpha value is -3.42. The summed E-state index contributed by atoms with van der Waals surface area (Å²) in [6, 6.07) is 6.88. The summed E-state index contributed by atoms with van der Waals surface area (Å²) in [5.74, 6) is -0.199. The van der Waals surface area contributed by atoms with Crippen LogP contribution in [0.2, 0.25) is 0 Å². The predicted molar refractivity (Wildman–Crippen MR) is 106 cm³/mol. The van der Waals surface area contributed by atoms with Crippen LogP contribution in [0.3, 0.4) is 0 Å². The number of carbonyl (C=O) groups is 1. The number of nitrogens with one attached hydrogen (secondary N) is 1. The number of nitrogens with two attached hydrogens (primary N) is 1. The number of aryl methyl sites for hydroxylation is 1. The van der Waals surface area contributed by atoms with Crippen LogP contribution in [-0.2, 0) is 9.53 Å². The third kappa shape index (κ3) is 3.78. The van der Waals surface area contributed by atoms with Gasteiger partial charge in [-0.1, -0.05) is 6.07 Å². The van der Waals surface area contributed by atoms with E-state index in [-0.39, 0.29) is 29.2 Å². The molecule has 0 aliphatic carbocycles. The number of hydrogen-bond donors (Lipinski definition) is 2. The molecular weight excluding hydrogens is 376 g/mol. The molecule has 0 saturated carbocycles. The summed E-state index contributed by atoms with van der Waals surface area (Å²) in [6.07, 6.45) is 0. The van der Waals surface area contributed by atoms with Crippen LogP contribution in [0.1, 0.15) is 36.6 Å². The van der Waals surface area contributed by atoms with Gasteiger partial charge in [0.2, 0.25) is 5.88 Å². The average molecular weight is 400 g/mol. The molecule has 2 aromatic rings. The number of ether oxygens (including phenoxy) is 4. The number of pyridine rings is 1. The quantitative estimate of drug-likeness (QED) is 0.716. The lowest BCUT2D eigenvalue weighted by Gasteiger charge is -2.28. The third-order valence-corrected chi connectivity index (χ3v) is 4.55. The summed E-state index contributed by atoms with van der Waals surface area (Å²) in [7, 11) is 1.52. The van der Waals surface area contributed by atoms with Gasteiger partial charge < -0.3 is 29.7 Å². The zero-order chi connectivity index (χ0) is 21.1. The van der Waals surface area contributed by atoms with E-state index in [0.717, 1.165) is 0 Å². The minimum absolute atomic E-state index is 0.0694. The Balaban J connectivity index is 2.25. The Morgan fingerprint density at radius 1 is 1.21 bits per heavy atom. The molecule has 1 atom stereocenters. The fraction of sp³-hybridized carbons (Fsp3) is 0.333. The van der Waals surface area contributed by atoms with E-state index in [1.54, 1.807) is 38.1 Å². The number of methoxy groups -OCH3 is 1. The second-order valence-electron chi connectivity index (χ2n) is 6.44. The standard InChI is InChI=1S/C21H24N2O6/c1-5-27-13-8-7-12(10-14(13)26-4)16-17-15(9-11(3)23-20(17)24)29-19(22)18(16)21(25)28-6-2/h7-10,16H,5-6,22H2,1-4H3,(H,23,24). The smallest absolute Gasteiger partial charge is 0.340 e. The van der Waals surface area contributed by atoms with Crippen molar-refractivity contribution in [3.8, 4) is 17.2 Å². The first-order chi connectivity index (χ1) is 13.9. The summed E-state index contributed by atoms with van der Waals surface area (Å²) in [4.78, 5) is 28.3. The van der Waals surface area contributed by atoms with Crippen LogP contribution in [0.15, 0.2) is 40.5 Å². The molecular formula is C21H24N2O6. The van der Waals surface area contributed by atoms with E-state index in [9.17, 15) is 9.59 Å². The maximum atomic E-state index is 12.8. The van der Waals surface area contributed by atoms with Crippen molar-refractivity contribution in [3.05, 3.63) is 62.9 Å². The molecule has 8 nitrogen and oxygen atoms in total. The highest BCUT2D eigenvalue weighted by Gasteiger charge is 2.38.